The van der Waals surface area contributed by atoms with Gasteiger partial charge in [0.25, 0.3) is 0 Å². The van der Waals surface area contributed by atoms with Gasteiger partial charge in [-0.15, -0.1) is 0 Å². The molecule has 0 aromatic heterocycles. The molecule has 1 aliphatic rings. The van der Waals surface area contributed by atoms with Crippen LogP contribution in [-0.2, 0) is 4.79 Å². The van der Waals surface area contributed by atoms with Crippen LogP contribution in [0, 0.1) is 0 Å². The molecular formula is C12H16BrN3O. The van der Waals surface area contributed by atoms with Crippen molar-refractivity contribution in [3.05, 3.63) is 28.7 Å². The van der Waals surface area contributed by atoms with Gasteiger partial charge in [-0.1, -0.05) is 15.9 Å². The van der Waals surface area contributed by atoms with Crippen molar-refractivity contribution in [2.45, 2.75) is 6.04 Å². The average Bonchev–Trinajstić information content (AvgIpc) is 2.33. The number of hydrogen-bond donors (Lipinski definition) is 1. The molecule has 1 atom stereocenters. The number of anilines is 1. The van der Waals surface area contributed by atoms with Crippen molar-refractivity contribution in [1.82, 2.24) is 4.90 Å². The highest BCUT2D eigenvalue weighted by Crippen LogP contribution is 2.21. The fourth-order valence-electron chi connectivity index (χ4n) is 2.00. The molecular weight excluding hydrogens is 282 g/mol. The summed E-state index contributed by atoms with van der Waals surface area (Å²) in [6.45, 7) is 1.71. The molecule has 1 heterocycles. The number of amides is 1. The summed E-state index contributed by atoms with van der Waals surface area (Å²) >= 11 is 3.40. The number of likely N-dealkylation sites (N-methyl/N-ethyl adjacent to an activating group) is 1. The van der Waals surface area contributed by atoms with E-state index in [4.69, 9.17) is 5.73 Å². The second kappa shape index (κ2) is 5.06. The van der Waals surface area contributed by atoms with E-state index in [0.29, 0.717) is 13.1 Å². The van der Waals surface area contributed by atoms with Gasteiger partial charge in [0.1, 0.15) is 0 Å². The zero-order valence-corrected chi connectivity index (χ0v) is 11.4. The van der Waals surface area contributed by atoms with Crippen molar-refractivity contribution in [1.29, 1.82) is 0 Å². The Bertz CT molecular complexity index is 407. The number of benzene rings is 1. The van der Waals surface area contributed by atoms with Crippen molar-refractivity contribution >= 4 is 27.5 Å². The average molecular weight is 298 g/mol. The standard InChI is InChI=1S/C12H16BrN3O/c1-15-11(6-14)7-16(8-12(15)17)10-4-2-9(13)3-5-10/h2-5,11H,6-8,14H2,1H3. The lowest BCUT2D eigenvalue weighted by atomic mass is 10.1. The van der Waals surface area contributed by atoms with Crippen LogP contribution in [0.25, 0.3) is 0 Å². The van der Waals surface area contributed by atoms with Crippen LogP contribution in [0.15, 0.2) is 28.7 Å². The molecule has 0 saturated carbocycles. The van der Waals surface area contributed by atoms with E-state index in [1.165, 1.54) is 0 Å². The first-order valence-electron chi connectivity index (χ1n) is 5.58. The fraction of sp³-hybridized carbons (Fsp3) is 0.417. The van der Waals surface area contributed by atoms with E-state index < -0.39 is 0 Å². The van der Waals surface area contributed by atoms with Crippen LogP contribution in [0.2, 0.25) is 0 Å². The molecule has 0 radical (unpaired) electrons. The smallest absolute Gasteiger partial charge is 0.242 e. The van der Waals surface area contributed by atoms with E-state index in [1.807, 2.05) is 31.3 Å². The third kappa shape index (κ3) is 2.61. The Kier molecular flexibility index (Phi) is 3.69. The highest BCUT2D eigenvalue weighted by atomic mass is 79.9. The molecule has 0 bridgehead atoms. The minimum Gasteiger partial charge on any atom is -0.360 e. The van der Waals surface area contributed by atoms with Crippen LogP contribution in [-0.4, -0.2) is 43.5 Å². The maximum absolute atomic E-state index is 11.8. The zero-order chi connectivity index (χ0) is 12.4. The fourth-order valence-corrected chi connectivity index (χ4v) is 2.27. The van der Waals surface area contributed by atoms with Crippen LogP contribution >= 0.6 is 15.9 Å². The molecule has 0 aliphatic carbocycles. The summed E-state index contributed by atoms with van der Waals surface area (Å²) in [5.41, 5.74) is 6.76. The molecule has 1 aliphatic heterocycles. The van der Waals surface area contributed by atoms with E-state index in [1.54, 1.807) is 4.90 Å². The molecule has 1 amide bonds. The van der Waals surface area contributed by atoms with Crippen molar-refractivity contribution in [3.8, 4) is 0 Å². The van der Waals surface area contributed by atoms with Crippen LogP contribution in [0.3, 0.4) is 0 Å². The maximum atomic E-state index is 11.8. The largest absolute Gasteiger partial charge is 0.360 e. The van der Waals surface area contributed by atoms with Gasteiger partial charge in [0.2, 0.25) is 5.91 Å². The molecule has 5 heteroatoms. The monoisotopic (exact) mass is 297 g/mol. The van der Waals surface area contributed by atoms with Gasteiger partial charge >= 0.3 is 0 Å². The van der Waals surface area contributed by atoms with Gasteiger partial charge in [-0.2, -0.15) is 0 Å². The Morgan fingerprint density at radius 2 is 2.06 bits per heavy atom. The van der Waals surface area contributed by atoms with Crippen molar-refractivity contribution < 1.29 is 4.79 Å². The first-order chi connectivity index (χ1) is 8.11. The lowest BCUT2D eigenvalue weighted by molar-refractivity contribution is -0.131. The van der Waals surface area contributed by atoms with Crippen molar-refractivity contribution in [2.24, 2.45) is 5.73 Å². The van der Waals surface area contributed by atoms with E-state index in [2.05, 4.69) is 20.8 Å². The van der Waals surface area contributed by atoms with Gasteiger partial charge in [-0.05, 0) is 24.3 Å². The number of carbonyl (C=O) groups excluding carboxylic acids is 1. The summed E-state index contributed by atoms with van der Waals surface area (Å²) in [6, 6.07) is 8.08. The van der Waals surface area contributed by atoms with Gasteiger partial charge in [0.05, 0.1) is 12.6 Å². The Morgan fingerprint density at radius 1 is 1.41 bits per heavy atom. The van der Waals surface area contributed by atoms with E-state index in [0.717, 1.165) is 16.7 Å². The molecule has 2 N–H and O–H groups in total. The Hall–Kier alpha value is -1.07. The minimum absolute atomic E-state index is 0.0971. The number of nitrogens with two attached hydrogens (primary N) is 1. The Morgan fingerprint density at radius 3 is 2.65 bits per heavy atom. The molecule has 1 fully saturated rings. The van der Waals surface area contributed by atoms with E-state index >= 15 is 0 Å². The third-order valence-corrected chi connectivity index (χ3v) is 3.69. The number of carbonyl (C=O) groups is 1. The van der Waals surface area contributed by atoms with Crippen LogP contribution in [0.5, 0.6) is 0 Å². The number of piperazine rings is 1. The van der Waals surface area contributed by atoms with Crippen LogP contribution in [0.4, 0.5) is 5.69 Å². The molecule has 1 aromatic rings. The van der Waals surface area contributed by atoms with Gasteiger partial charge in [0.15, 0.2) is 0 Å². The Labute approximate surface area is 110 Å². The molecule has 0 spiro atoms. The first-order valence-corrected chi connectivity index (χ1v) is 6.37. The summed E-state index contributed by atoms with van der Waals surface area (Å²) in [6.07, 6.45) is 0. The molecule has 1 aromatic carbocycles. The maximum Gasteiger partial charge on any atom is 0.242 e. The zero-order valence-electron chi connectivity index (χ0n) is 9.77. The van der Waals surface area contributed by atoms with E-state index in [-0.39, 0.29) is 11.9 Å². The topological polar surface area (TPSA) is 49.6 Å². The minimum atomic E-state index is 0.0971. The first kappa shape index (κ1) is 12.4. The second-order valence-electron chi connectivity index (χ2n) is 4.25. The van der Waals surface area contributed by atoms with E-state index in [9.17, 15) is 4.79 Å². The van der Waals surface area contributed by atoms with Crippen LogP contribution in [0.1, 0.15) is 0 Å². The predicted octanol–water partition coefficient (Wildman–Crippen LogP) is 1.05. The highest BCUT2D eigenvalue weighted by molar-refractivity contribution is 9.10. The van der Waals surface area contributed by atoms with Gasteiger partial charge < -0.3 is 15.5 Å². The summed E-state index contributed by atoms with van der Waals surface area (Å²) in [4.78, 5) is 15.7. The number of halogens is 1. The number of rotatable bonds is 2. The van der Waals surface area contributed by atoms with Crippen molar-refractivity contribution in [2.75, 3.05) is 31.6 Å². The molecule has 4 nitrogen and oxygen atoms in total. The highest BCUT2D eigenvalue weighted by Gasteiger charge is 2.28. The molecule has 17 heavy (non-hydrogen) atoms. The van der Waals surface area contributed by atoms with Gasteiger partial charge in [0, 0.05) is 30.3 Å². The third-order valence-electron chi connectivity index (χ3n) is 3.16. The quantitative estimate of drug-likeness (QED) is 0.888. The van der Waals surface area contributed by atoms with Crippen molar-refractivity contribution in [3.63, 3.8) is 0 Å². The summed E-state index contributed by atoms with van der Waals surface area (Å²) in [7, 11) is 1.82. The summed E-state index contributed by atoms with van der Waals surface area (Å²) in [5, 5.41) is 0. The Balaban J connectivity index is 2.17. The predicted molar refractivity (Wildman–Crippen MR) is 72.0 cm³/mol. The lowest BCUT2D eigenvalue weighted by Gasteiger charge is -2.39. The molecule has 2 rings (SSSR count). The summed E-state index contributed by atoms with van der Waals surface area (Å²) in [5.74, 6) is 0.120. The van der Waals surface area contributed by atoms with Gasteiger partial charge in [-0.25, -0.2) is 0 Å². The number of hydrogen-bond acceptors (Lipinski definition) is 3. The number of nitrogens with zero attached hydrogens (tertiary/aromatic N) is 2. The molecule has 1 saturated heterocycles. The second-order valence-corrected chi connectivity index (χ2v) is 5.17. The normalized spacial score (nSPS) is 20.9. The van der Waals surface area contributed by atoms with Crippen LogP contribution < -0.4 is 10.6 Å². The molecule has 1 unspecified atom stereocenters. The SMILES string of the molecule is CN1C(=O)CN(c2ccc(Br)cc2)CC1CN. The molecule has 92 valence electrons. The summed E-state index contributed by atoms with van der Waals surface area (Å²) < 4.78 is 1.04. The van der Waals surface area contributed by atoms with Gasteiger partial charge in [-0.3, -0.25) is 4.79 Å². The lowest BCUT2D eigenvalue weighted by Crippen LogP contribution is -2.57.